The molecule has 0 saturated carbocycles. The Balaban J connectivity index is 1.71. The summed E-state index contributed by atoms with van der Waals surface area (Å²) in [5.74, 6) is 1.87. The van der Waals surface area contributed by atoms with E-state index in [1.165, 1.54) is 11.1 Å². The van der Waals surface area contributed by atoms with Gasteiger partial charge in [-0.25, -0.2) is 0 Å². The average Bonchev–Trinajstić information content (AvgIpc) is 2.94. The van der Waals surface area contributed by atoms with Crippen molar-refractivity contribution in [3.05, 3.63) is 59.7 Å². The van der Waals surface area contributed by atoms with E-state index in [9.17, 15) is 4.79 Å². The van der Waals surface area contributed by atoms with Crippen molar-refractivity contribution in [3.8, 4) is 5.75 Å². The number of hydrogen-bond donors (Lipinski definition) is 1. The normalized spacial score (nSPS) is 25.0. The zero-order chi connectivity index (χ0) is 16.6. The molecule has 124 valence electrons. The van der Waals surface area contributed by atoms with E-state index in [0.29, 0.717) is 18.1 Å². The van der Waals surface area contributed by atoms with E-state index in [-0.39, 0.29) is 10.8 Å². The molecule has 1 aliphatic carbocycles. The summed E-state index contributed by atoms with van der Waals surface area (Å²) in [4.78, 5) is 12.1. The van der Waals surface area contributed by atoms with Crippen molar-refractivity contribution in [1.29, 1.82) is 0 Å². The number of nitrogens with one attached hydrogen (secondary N) is 1. The highest BCUT2D eigenvalue weighted by molar-refractivity contribution is 8.01. The lowest BCUT2D eigenvalue weighted by atomic mass is 9.77. The Kier molecular flexibility index (Phi) is 4.01. The monoisotopic (exact) mass is 339 g/mol. The number of carbonyl (C=O) groups is 1. The minimum absolute atomic E-state index is 0.0453. The molecule has 1 N–H and O–H groups in total. The second-order valence-electron chi connectivity index (χ2n) is 6.32. The molecule has 4 rings (SSSR count). The summed E-state index contributed by atoms with van der Waals surface area (Å²) in [7, 11) is 0. The zero-order valence-electron chi connectivity index (χ0n) is 13.7. The lowest BCUT2D eigenvalue weighted by Gasteiger charge is -2.40. The highest BCUT2D eigenvalue weighted by Gasteiger charge is 2.52. The molecule has 3 nitrogen and oxygen atoms in total. The largest absolute Gasteiger partial charge is 0.494 e. The maximum absolute atomic E-state index is 12.5. The molecule has 2 aliphatic rings. The summed E-state index contributed by atoms with van der Waals surface area (Å²) in [5, 5.41) is 3.70. The number of ether oxygens (including phenoxy) is 1. The Morgan fingerprint density at radius 3 is 2.79 bits per heavy atom. The summed E-state index contributed by atoms with van der Waals surface area (Å²) in [6, 6.07) is 16.6. The molecule has 0 aromatic heterocycles. The first-order valence-electron chi connectivity index (χ1n) is 8.49. The number of rotatable bonds is 4. The van der Waals surface area contributed by atoms with Gasteiger partial charge in [0.05, 0.1) is 18.3 Å². The Hall–Kier alpha value is -1.94. The molecular weight excluding hydrogens is 318 g/mol. The number of anilines is 1. The molecule has 1 fully saturated rings. The first kappa shape index (κ1) is 15.6. The van der Waals surface area contributed by atoms with Gasteiger partial charge in [-0.1, -0.05) is 24.3 Å². The summed E-state index contributed by atoms with van der Waals surface area (Å²) >= 11 is 1.74. The van der Waals surface area contributed by atoms with Gasteiger partial charge in [0.1, 0.15) is 16.4 Å². The Morgan fingerprint density at radius 2 is 2.00 bits per heavy atom. The molecule has 1 aliphatic heterocycles. The van der Waals surface area contributed by atoms with E-state index in [0.717, 1.165) is 24.3 Å². The van der Waals surface area contributed by atoms with Crippen LogP contribution in [0.1, 0.15) is 24.5 Å². The van der Waals surface area contributed by atoms with E-state index in [1.54, 1.807) is 11.8 Å². The number of benzene rings is 2. The number of fused-ring (bicyclic) bond motifs is 3. The third-order valence-corrected chi connectivity index (χ3v) is 6.43. The third kappa shape index (κ3) is 2.49. The third-order valence-electron chi connectivity index (χ3n) is 4.94. The SMILES string of the molecule is CCOc1ccc(N[C@]23SCC(=O)[C@@H]2CCc2ccccc23)cc1. The van der Waals surface area contributed by atoms with Crippen LogP contribution in [0.2, 0.25) is 0 Å². The van der Waals surface area contributed by atoms with Gasteiger partial charge in [-0.05, 0) is 55.2 Å². The molecule has 0 bridgehead atoms. The van der Waals surface area contributed by atoms with Gasteiger partial charge in [0, 0.05) is 5.69 Å². The molecule has 2 aromatic carbocycles. The Bertz CT molecular complexity index is 758. The molecular formula is C20H21NO2S. The van der Waals surface area contributed by atoms with Gasteiger partial charge >= 0.3 is 0 Å². The number of thioether (sulfide) groups is 1. The van der Waals surface area contributed by atoms with E-state index in [4.69, 9.17) is 4.74 Å². The minimum atomic E-state index is -0.334. The van der Waals surface area contributed by atoms with Crippen LogP contribution in [0.4, 0.5) is 5.69 Å². The first-order valence-corrected chi connectivity index (χ1v) is 9.47. The van der Waals surface area contributed by atoms with Gasteiger partial charge in [-0.2, -0.15) is 0 Å². The molecule has 0 radical (unpaired) electrons. The van der Waals surface area contributed by atoms with Crippen molar-refractivity contribution in [3.63, 3.8) is 0 Å². The van der Waals surface area contributed by atoms with Crippen LogP contribution in [-0.4, -0.2) is 18.1 Å². The number of carbonyl (C=O) groups excluding carboxylic acids is 1. The van der Waals surface area contributed by atoms with Crippen LogP contribution in [0, 0.1) is 5.92 Å². The topological polar surface area (TPSA) is 38.3 Å². The smallest absolute Gasteiger partial charge is 0.149 e. The van der Waals surface area contributed by atoms with Gasteiger partial charge in [0.15, 0.2) is 0 Å². The molecule has 1 saturated heterocycles. The number of hydrogen-bond acceptors (Lipinski definition) is 4. The lowest BCUT2D eigenvalue weighted by Crippen LogP contribution is -2.42. The van der Waals surface area contributed by atoms with Crippen LogP contribution in [0.5, 0.6) is 5.75 Å². The molecule has 2 atom stereocenters. The lowest BCUT2D eigenvalue weighted by molar-refractivity contribution is -0.120. The Morgan fingerprint density at radius 1 is 1.21 bits per heavy atom. The van der Waals surface area contributed by atoms with E-state index in [1.807, 2.05) is 31.2 Å². The maximum Gasteiger partial charge on any atom is 0.149 e. The van der Waals surface area contributed by atoms with Crippen molar-refractivity contribution >= 4 is 23.2 Å². The van der Waals surface area contributed by atoms with Crippen LogP contribution >= 0.6 is 11.8 Å². The zero-order valence-corrected chi connectivity index (χ0v) is 14.6. The second-order valence-corrected chi connectivity index (χ2v) is 7.54. The molecule has 0 unspecified atom stereocenters. The van der Waals surface area contributed by atoms with Gasteiger partial charge in [-0.15, -0.1) is 11.8 Å². The highest BCUT2D eigenvalue weighted by Crippen LogP contribution is 2.54. The van der Waals surface area contributed by atoms with Gasteiger partial charge in [0.25, 0.3) is 0 Å². The highest BCUT2D eigenvalue weighted by atomic mass is 32.2. The summed E-state index contributed by atoms with van der Waals surface area (Å²) < 4.78 is 5.52. The number of ketones is 1. The molecule has 4 heteroatoms. The standard InChI is InChI=1S/C20H21NO2S/c1-2-23-16-10-8-15(9-11-16)21-20-17-6-4-3-5-14(17)7-12-18(20)19(22)13-24-20/h3-6,8-11,18,21H,2,7,12-13H2,1H3/t18-,20+/m0/s1. The van der Waals surface area contributed by atoms with Crippen molar-refractivity contribution in [2.24, 2.45) is 5.92 Å². The fourth-order valence-corrected chi connectivity index (χ4v) is 5.42. The molecule has 0 spiro atoms. The maximum atomic E-state index is 12.5. The second kappa shape index (κ2) is 6.17. The average molecular weight is 339 g/mol. The van der Waals surface area contributed by atoms with Crippen molar-refractivity contribution in [1.82, 2.24) is 0 Å². The van der Waals surface area contributed by atoms with Crippen LogP contribution in [0.15, 0.2) is 48.5 Å². The van der Waals surface area contributed by atoms with Crippen molar-refractivity contribution < 1.29 is 9.53 Å². The predicted octanol–water partition coefficient (Wildman–Crippen LogP) is 4.23. The minimum Gasteiger partial charge on any atom is -0.494 e. The Labute approximate surface area is 146 Å². The van der Waals surface area contributed by atoms with Crippen LogP contribution in [0.3, 0.4) is 0 Å². The number of aryl methyl sites for hydroxylation is 1. The quantitative estimate of drug-likeness (QED) is 0.905. The van der Waals surface area contributed by atoms with E-state index < -0.39 is 0 Å². The van der Waals surface area contributed by atoms with Crippen LogP contribution in [-0.2, 0) is 16.1 Å². The molecule has 0 amide bonds. The molecule has 24 heavy (non-hydrogen) atoms. The number of Topliss-reactive ketones (excluding diaryl/α,β-unsaturated/α-hetero) is 1. The van der Waals surface area contributed by atoms with E-state index >= 15 is 0 Å². The van der Waals surface area contributed by atoms with Crippen LogP contribution in [0.25, 0.3) is 0 Å². The molecule has 1 heterocycles. The summed E-state index contributed by atoms with van der Waals surface area (Å²) in [6.45, 7) is 2.64. The predicted molar refractivity (Wildman–Crippen MR) is 98.6 cm³/mol. The van der Waals surface area contributed by atoms with Crippen LogP contribution < -0.4 is 10.1 Å². The van der Waals surface area contributed by atoms with Crippen molar-refractivity contribution in [2.45, 2.75) is 24.6 Å². The summed E-state index contributed by atoms with van der Waals surface area (Å²) in [6.07, 6.45) is 1.91. The fraction of sp³-hybridized carbons (Fsp3) is 0.350. The van der Waals surface area contributed by atoms with Crippen molar-refractivity contribution in [2.75, 3.05) is 17.7 Å². The fourth-order valence-electron chi connectivity index (χ4n) is 3.85. The van der Waals surface area contributed by atoms with Gasteiger partial charge in [0.2, 0.25) is 0 Å². The molecule has 2 aromatic rings. The van der Waals surface area contributed by atoms with E-state index in [2.05, 4.69) is 29.6 Å². The van der Waals surface area contributed by atoms with Gasteiger partial charge in [-0.3, -0.25) is 4.79 Å². The van der Waals surface area contributed by atoms with Gasteiger partial charge < -0.3 is 10.1 Å². The summed E-state index contributed by atoms with van der Waals surface area (Å²) in [5.41, 5.74) is 3.66. The first-order chi connectivity index (χ1) is 11.7.